The van der Waals surface area contributed by atoms with E-state index in [-0.39, 0.29) is 6.04 Å². The van der Waals surface area contributed by atoms with Crippen LogP contribution in [0.15, 0.2) is 35.0 Å². The van der Waals surface area contributed by atoms with Gasteiger partial charge in [-0.3, -0.25) is 9.97 Å². The molecule has 0 spiro atoms. The number of aromatic nitrogens is 4. The van der Waals surface area contributed by atoms with Crippen LogP contribution in [0.25, 0.3) is 22.5 Å². The Balaban J connectivity index is 2.12. The third kappa shape index (κ3) is 2.06. The first-order chi connectivity index (χ1) is 9.29. The quantitative estimate of drug-likeness (QED) is 0.771. The molecule has 0 saturated carbocycles. The topological polar surface area (TPSA) is 76.7 Å². The molecule has 1 atom stereocenters. The summed E-state index contributed by atoms with van der Waals surface area (Å²) in [5, 5.41) is 11.2. The summed E-state index contributed by atoms with van der Waals surface area (Å²) in [6.07, 6.45) is 3.31. The Kier molecular flexibility index (Phi) is 2.92. The van der Waals surface area contributed by atoms with Gasteiger partial charge in [-0.2, -0.15) is 0 Å². The monoisotopic (exact) mass is 255 g/mol. The van der Waals surface area contributed by atoms with E-state index in [9.17, 15) is 0 Å². The van der Waals surface area contributed by atoms with E-state index in [1.54, 1.807) is 12.4 Å². The molecule has 0 aliphatic heterocycles. The highest BCUT2D eigenvalue weighted by Crippen LogP contribution is 2.25. The molecule has 0 aliphatic rings. The summed E-state index contributed by atoms with van der Waals surface area (Å²) in [5.41, 5.74) is 2.37. The van der Waals surface area contributed by atoms with Crippen molar-refractivity contribution in [1.29, 1.82) is 0 Å². The Morgan fingerprint density at radius 1 is 1.16 bits per heavy atom. The maximum atomic E-state index is 5.68. The van der Waals surface area contributed by atoms with Gasteiger partial charge in [0.05, 0.1) is 17.1 Å². The van der Waals surface area contributed by atoms with Crippen molar-refractivity contribution in [2.45, 2.75) is 13.0 Å². The lowest BCUT2D eigenvalue weighted by Crippen LogP contribution is -2.12. The zero-order valence-corrected chi connectivity index (χ0v) is 10.7. The molecule has 1 aromatic carbocycles. The molecule has 0 aliphatic carbocycles. The number of fused-ring (bicyclic) bond motifs is 1. The van der Waals surface area contributed by atoms with E-state index >= 15 is 0 Å². The van der Waals surface area contributed by atoms with E-state index in [1.807, 2.05) is 32.2 Å². The number of para-hydroxylation sites is 1. The predicted octanol–water partition coefficient (Wildman–Crippen LogP) is 1.96. The summed E-state index contributed by atoms with van der Waals surface area (Å²) in [5.74, 6) is 1.02. The van der Waals surface area contributed by atoms with Crippen molar-refractivity contribution in [2.75, 3.05) is 7.05 Å². The van der Waals surface area contributed by atoms with Gasteiger partial charge in [-0.1, -0.05) is 6.07 Å². The van der Waals surface area contributed by atoms with Crippen LogP contribution in [0.4, 0.5) is 0 Å². The van der Waals surface area contributed by atoms with Gasteiger partial charge in [0.25, 0.3) is 0 Å². The number of hydrogen-bond donors (Lipinski definition) is 1. The molecule has 2 aromatic heterocycles. The van der Waals surface area contributed by atoms with Gasteiger partial charge in [0.15, 0.2) is 0 Å². The molecule has 3 aromatic rings. The molecule has 0 fully saturated rings. The first kappa shape index (κ1) is 11.7. The summed E-state index contributed by atoms with van der Waals surface area (Å²) in [6, 6.07) is 5.72. The van der Waals surface area contributed by atoms with Crippen LogP contribution in [0.2, 0.25) is 0 Å². The number of hydrogen-bond acceptors (Lipinski definition) is 6. The predicted molar refractivity (Wildman–Crippen MR) is 70.3 cm³/mol. The average Bonchev–Trinajstić information content (AvgIpc) is 2.95. The number of benzene rings is 1. The van der Waals surface area contributed by atoms with Crippen LogP contribution >= 0.6 is 0 Å². The highest BCUT2D eigenvalue weighted by atomic mass is 16.4. The summed E-state index contributed by atoms with van der Waals surface area (Å²) in [6.45, 7) is 1.96. The van der Waals surface area contributed by atoms with Crippen LogP contribution in [-0.2, 0) is 0 Å². The number of nitrogens with one attached hydrogen (secondary N) is 1. The molecular weight excluding hydrogens is 242 g/mol. The van der Waals surface area contributed by atoms with Crippen LogP contribution in [-0.4, -0.2) is 27.2 Å². The molecule has 0 amide bonds. The van der Waals surface area contributed by atoms with Gasteiger partial charge in [-0.15, -0.1) is 10.2 Å². The van der Waals surface area contributed by atoms with Crippen molar-refractivity contribution < 1.29 is 4.42 Å². The molecular formula is C13H13N5O. The molecule has 6 heteroatoms. The third-order valence-electron chi connectivity index (χ3n) is 2.97. The minimum Gasteiger partial charge on any atom is -0.419 e. The smallest absolute Gasteiger partial charge is 0.250 e. The lowest BCUT2D eigenvalue weighted by molar-refractivity contribution is 0.441. The maximum Gasteiger partial charge on any atom is 0.250 e. The largest absolute Gasteiger partial charge is 0.419 e. The van der Waals surface area contributed by atoms with Crippen LogP contribution in [0.1, 0.15) is 18.9 Å². The van der Waals surface area contributed by atoms with Gasteiger partial charge < -0.3 is 9.73 Å². The molecule has 96 valence electrons. The molecule has 19 heavy (non-hydrogen) atoms. The fraction of sp³-hybridized carbons (Fsp3) is 0.231. The fourth-order valence-corrected chi connectivity index (χ4v) is 1.81. The van der Waals surface area contributed by atoms with Crippen molar-refractivity contribution in [3.05, 3.63) is 36.5 Å². The second-order valence-electron chi connectivity index (χ2n) is 4.19. The second kappa shape index (κ2) is 4.74. The summed E-state index contributed by atoms with van der Waals surface area (Å²) >= 11 is 0. The zero-order valence-electron chi connectivity index (χ0n) is 10.7. The van der Waals surface area contributed by atoms with Crippen molar-refractivity contribution in [1.82, 2.24) is 25.5 Å². The zero-order chi connectivity index (χ0) is 13.2. The van der Waals surface area contributed by atoms with Crippen LogP contribution in [0.3, 0.4) is 0 Å². The Labute approximate surface area is 109 Å². The Bertz CT molecular complexity index is 704. The van der Waals surface area contributed by atoms with Gasteiger partial charge in [-0.25, -0.2) is 0 Å². The van der Waals surface area contributed by atoms with E-state index in [0.717, 1.165) is 16.6 Å². The Morgan fingerprint density at radius 2 is 2.00 bits per heavy atom. The van der Waals surface area contributed by atoms with E-state index in [0.29, 0.717) is 11.8 Å². The fourth-order valence-electron chi connectivity index (χ4n) is 1.81. The minimum absolute atomic E-state index is 0.0160. The number of rotatable bonds is 3. The van der Waals surface area contributed by atoms with Crippen molar-refractivity contribution in [3.8, 4) is 11.5 Å². The summed E-state index contributed by atoms with van der Waals surface area (Å²) < 4.78 is 5.68. The van der Waals surface area contributed by atoms with Gasteiger partial charge in [0, 0.05) is 12.4 Å². The van der Waals surface area contributed by atoms with Crippen molar-refractivity contribution in [3.63, 3.8) is 0 Å². The van der Waals surface area contributed by atoms with E-state index < -0.39 is 0 Å². The van der Waals surface area contributed by atoms with Gasteiger partial charge >= 0.3 is 0 Å². The maximum absolute atomic E-state index is 5.68. The second-order valence-corrected chi connectivity index (χ2v) is 4.19. The summed E-state index contributed by atoms with van der Waals surface area (Å²) in [7, 11) is 1.85. The Hall–Kier alpha value is -2.34. The van der Waals surface area contributed by atoms with Gasteiger partial charge in [-0.05, 0) is 26.1 Å². The van der Waals surface area contributed by atoms with E-state index in [4.69, 9.17) is 4.42 Å². The third-order valence-corrected chi connectivity index (χ3v) is 2.97. The molecule has 3 rings (SSSR count). The molecule has 0 saturated heterocycles. The first-order valence-electron chi connectivity index (χ1n) is 6.00. The standard InChI is InChI=1S/C13H13N5O/c1-8(14-2)12-17-18-13(19-12)9-4-3-5-10-11(9)16-7-6-15-10/h3-8,14H,1-2H3. The normalized spacial score (nSPS) is 12.7. The first-order valence-corrected chi connectivity index (χ1v) is 6.00. The van der Waals surface area contributed by atoms with E-state index in [2.05, 4.69) is 25.5 Å². The van der Waals surface area contributed by atoms with Crippen molar-refractivity contribution in [2.24, 2.45) is 0 Å². The van der Waals surface area contributed by atoms with Crippen molar-refractivity contribution >= 4 is 11.0 Å². The molecule has 0 bridgehead atoms. The lowest BCUT2D eigenvalue weighted by Gasteiger charge is -2.03. The van der Waals surface area contributed by atoms with E-state index in [1.165, 1.54) is 0 Å². The number of nitrogens with zero attached hydrogens (tertiary/aromatic N) is 4. The Morgan fingerprint density at radius 3 is 2.84 bits per heavy atom. The van der Waals surface area contributed by atoms with Crippen LogP contribution < -0.4 is 5.32 Å². The lowest BCUT2D eigenvalue weighted by atomic mass is 10.2. The van der Waals surface area contributed by atoms with Crippen LogP contribution in [0, 0.1) is 0 Å². The minimum atomic E-state index is 0.0160. The molecule has 1 N–H and O–H groups in total. The van der Waals surface area contributed by atoms with Crippen LogP contribution in [0.5, 0.6) is 0 Å². The summed E-state index contributed by atoms with van der Waals surface area (Å²) in [4.78, 5) is 8.59. The SMILES string of the molecule is CNC(C)c1nnc(-c2cccc3nccnc23)o1. The highest BCUT2D eigenvalue weighted by molar-refractivity contribution is 5.88. The highest BCUT2D eigenvalue weighted by Gasteiger charge is 2.15. The molecule has 0 radical (unpaired) electrons. The molecule has 2 heterocycles. The van der Waals surface area contributed by atoms with Gasteiger partial charge in [0.2, 0.25) is 11.8 Å². The molecule has 6 nitrogen and oxygen atoms in total. The van der Waals surface area contributed by atoms with Gasteiger partial charge in [0.1, 0.15) is 5.52 Å². The molecule has 1 unspecified atom stereocenters. The average molecular weight is 255 g/mol.